The second kappa shape index (κ2) is 12.1. The van der Waals surface area contributed by atoms with E-state index in [-0.39, 0.29) is 61.1 Å². The molecule has 2 aromatic carbocycles. The summed E-state index contributed by atoms with van der Waals surface area (Å²) >= 11 is 0. The Bertz CT molecular complexity index is 772. The molecular formula is C22H26Cl2F6N2. The van der Waals surface area contributed by atoms with E-state index in [1.807, 2.05) is 0 Å². The summed E-state index contributed by atoms with van der Waals surface area (Å²) in [6, 6.07) is 10.6. The van der Waals surface area contributed by atoms with Gasteiger partial charge in [-0.3, -0.25) is 0 Å². The Kier molecular flexibility index (Phi) is 10.8. The fraction of sp³-hybridized carbons (Fsp3) is 0.455. The maximum absolute atomic E-state index is 13.2. The highest BCUT2D eigenvalue weighted by Crippen LogP contribution is 2.33. The molecule has 1 fully saturated rings. The molecule has 1 saturated carbocycles. The molecule has 0 heterocycles. The van der Waals surface area contributed by atoms with Gasteiger partial charge in [-0.05, 0) is 36.1 Å². The Morgan fingerprint density at radius 2 is 0.969 bits per heavy atom. The van der Waals surface area contributed by atoms with Gasteiger partial charge in [0.05, 0.1) is 11.1 Å². The molecule has 0 spiro atoms. The molecule has 2 unspecified atom stereocenters. The van der Waals surface area contributed by atoms with Crippen molar-refractivity contribution in [3.63, 3.8) is 0 Å². The summed E-state index contributed by atoms with van der Waals surface area (Å²) in [7, 11) is 0. The number of nitrogens with one attached hydrogen (secondary N) is 2. The molecule has 180 valence electrons. The van der Waals surface area contributed by atoms with Crippen LogP contribution in [-0.2, 0) is 25.4 Å². The van der Waals surface area contributed by atoms with Crippen LogP contribution in [0.2, 0.25) is 0 Å². The lowest BCUT2D eigenvalue weighted by atomic mass is 9.89. The van der Waals surface area contributed by atoms with Gasteiger partial charge >= 0.3 is 12.4 Å². The minimum Gasteiger partial charge on any atom is -0.308 e. The molecule has 10 heteroatoms. The van der Waals surface area contributed by atoms with Gasteiger partial charge in [-0.15, -0.1) is 24.8 Å². The van der Waals surface area contributed by atoms with E-state index in [9.17, 15) is 26.3 Å². The van der Waals surface area contributed by atoms with Crippen molar-refractivity contribution in [2.75, 3.05) is 0 Å². The third-order valence-electron chi connectivity index (χ3n) is 5.52. The monoisotopic (exact) mass is 502 g/mol. The Hall–Kier alpha value is -1.48. The molecule has 3 rings (SSSR count). The highest BCUT2D eigenvalue weighted by molar-refractivity contribution is 5.85. The molecule has 0 radical (unpaired) electrons. The number of benzene rings is 2. The summed E-state index contributed by atoms with van der Waals surface area (Å²) in [6.07, 6.45) is -5.49. The number of hydrogen-bond acceptors (Lipinski definition) is 2. The topological polar surface area (TPSA) is 24.1 Å². The van der Waals surface area contributed by atoms with Gasteiger partial charge in [0.1, 0.15) is 0 Å². The average Bonchev–Trinajstić information content (AvgIpc) is 2.70. The highest BCUT2D eigenvalue weighted by atomic mass is 35.5. The minimum absolute atomic E-state index is 0. The van der Waals surface area contributed by atoms with Crippen molar-refractivity contribution in [1.82, 2.24) is 10.6 Å². The zero-order valence-electron chi connectivity index (χ0n) is 17.1. The van der Waals surface area contributed by atoms with E-state index in [1.165, 1.54) is 24.3 Å². The van der Waals surface area contributed by atoms with Crippen molar-refractivity contribution in [2.45, 2.75) is 63.2 Å². The normalized spacial score (nSPS) is 19.1. The molecule has 32 heavy (non-hydrogen) atoms. The van der Waals surface area contributed by atoms with Crippen molar-refractivity contribution in [3.05, 3.63) is 70.8 Å². The zero-order valence-corrected chi connectivity index (χ0v) is 18.7. The van der Waals surface area contributed by atoms with E-state index < -0.39 is 23.5 Å². The SMILES string of the molecule is Cl.Cl.FC(F)(F)c1ccccc1CNC1CCCCC1NCc1ccccc1C(F)(F)F. The van der Waals surface area contributed by atoms with Crippen LogP contribution in [0.1, 0.15) is 47.9 Å². The largest absolute Gasteiger partial charge is 0.416 e. The van der Waals surface area contributed by atoms with Crippen LogP contribution in [0.4, 0.5) is 26.3 Å². The molecule has 2 N–H and O–H groups in total. The molecule has 1 aliphatic rings. The summed E-state index contributed by atoms with van der Waals surface area (Å²) in [5.74, 6) is 0. The van der Waals surface area contributed by atoms with Gasteiger partial charge in [0, 0.05) is 25.2 Å². The molecule has 0 aliphatic heterocycles. The summed E-state index contributed by atoms with van der Waals surface area (Å²) in [6.45, 7) is 0.106. The van der Waals surface area contributed by atoms with Crippen molar-refractivity contribution in [2.24, 2.45) is 0 Å². The van der Waals surface area contributed by atoms with Gasteiger partial charge < -0.3 is 10.6 Å². The van der Waals surface area contributed by atoms with Gasteiger partial charge in [0.2, 0.25) is 0 Å². The molecule has 2 aromatic rings. The van der Waals surface area contributed by atoms with Crippen LogP contribution >= 0.6 is 24.8 Å². The summed E-state index contributed by atoms with van der Waals surface area (Å²) in [5, 5.41) is 6.39. The molecule has 2 atom stereocenters. The first-order valence-electron chi connectivity index (χ1n) is 9.93. The second-order valence-electron chi connectivity index (χ2n) is 7.57. The second-order valence-corrected chi connectivity index (χ2v) is 7.57. The molecule has 0 saturated heterocycles. The maximum atomic E-state index is 13.2. The van der Waals surface area contributed by atoms with E-state index >= 15 is 0 Å². The number of halogens is 8. The molecule has 0 aromatic heterocycles. The van der Waals surface area contributed by atoms with Crippen LogP contribution in [0.25, 0.3) is 0 Å². The predicted octanol–water partition coefficient (Wildman–Crippen LogP) is 6.76. The van der Waals surface area contributed by atoms with Crippen molar-refractivity contribution in [3.8, 4) is 0 Å². The lowest BCUT2D eigenvalue weighted by Crippen LogP contribution is -2.49. The van der Waals surface area contributed by atoms with Crippen LogP contribution in [0.15, 0.2) is 48.5 Å². The lowest BCUT2D eigenvalue weighted by molar-refractivity contribution is -0.139. The summed E-state index contributed by atoms with van der Waals surface area (Å²) in [5.41, 5.74) is -1.01. The van der Waals surface area contributed by atoms with Crippen LogP contribution in [0.3, 0.4) is 0 Å². The van der Waals surface area contributed by atoms with E-state index in [2.05, 4.69) is 10.6 Å². The van der Waals surface area contributed by atoms with E-state index in [4.69, 9.17) is 0 Å². The Morgan fingerprint density at radius 1 is 0.625 bits per heavy atom. The van der Waals surface area contributed by atoms with Gasteiger partial charge in [0.25, 0.3) is 0 Å². The first-order chi connectivity index (χ1) is 14.2. The molecule has 2 nitrogen and oxygen atoms in total. The smallest absolute Gasteiger partial charge is 0.308 e. The summed E-state index contributed by atoms with van der Waals surface area (Å²) in [4.78, 5) is 0. The van der Waals surface area contributed by atoms with Crippen LogP contribution < -0.4 is 10.6 Å². The summed E-state index contributed by atoms with van der Waals surface area (Å²) < 4.78 is 79.2. The van der Waals surface area contributed by atoms with Crippen LogP contribution in [-0.4, -0.2) is 12.1 Å². The molecule has 0 amide bonds. The zero-order chi connectivity index (χ0) is 21.8. The number of rotatable bonds is 6. The fourth-order valence-corrected chi connectivity index (χ4v) is 4.00. The molecular weight excluding hydrogens is 477 g/mol. The Balaban J connectivity index is 0.00000256. The van der Waals surface area contributed by atoms with Gasteiger partial charge in [-0.25, -0.2) is 0 Å². The van der Waals surface area contributed by atoms with E-state index in [1.54, 1.807) is 12.1 Å². The average molecular weight is 503 g/mol. The van der Waals surface area contributed by atoms with E-state index in [0.717, 1.165) is 37.8 Å². The minimum atomic E-state index is -4.43. The highest BCUT2D eigenvalue weighted by Gasteiger charge is 2.34. The standard InChI is InChI=1S/C22H24F6N2.2ClH/c23-21(24,25)17-9-3-1-7-15(17)13-29-19-11-5-6-12-20(19)30-14-16-8-2-4-10-18(16)22(26,27)28;;/h1-4,7-10,19-20,29-30H,5-6,11-14H2;2*1H. The van der Waals surface area contributed by atoms with Crippen LogP contribution in [0.5, 0.6) is 0 Å². The molecule has 1 aliphatic carbocycles. The Labute approximate surface area is 196 Å². The van der Waals surface area contributed by atoms with Crippen molar-refractivity contribution < 1.29 is 26.3 Å². The van der Waals surface area contributed by atoms with Crippen LogP contribution in [0, 0.1) is 0 Å². The lowest BCUT2D eigenvalue weighted by Gasteiger charge is -2.33. The third-order valence-corrected chi connectivity index (χ3v) is 5.52. The molecule has 0 bridgehead atoms. The maximum Gasteiger partial charge on any atom is 0.416 e. The van der Waals surface area contributed by atoms with Crippen molar-refractivity contribution >= 4 is 24.8 Å². The first kappa shape index (κ1) is 28.6. The number of hydrogen-bond donors (Lipinski definition) is 2. The van der Waals surface area contributed by atoms with Crippen molar-refractivity contribution in [1.29, 1.82) is 0 Å². The first-order valence-corrected chi connectivity index (χ1v) is 9.93. The van der Waals surface area contributed by atoms with E-state index in [0.29, 0.717) is 0 Å². The predicted molar refractivity (Wildman–Crippen MR) is 117 cm³/mol. The number of alkyl halides is 6. The Morgan fingerprint density at radius 3 is 1.31 bits per heavy atom. The van der Waals surface area contributed by atoms with Gasteiger partial charge in [-0.2, -0.15) is 26.3 Å². The van der Waals surface area contributed by atoms with Gasteiger partial charge in [0.15, 0.2) is 0 Å². The fourth-order valence-electron chi connectivity index (χ4n) is 4.00. The quantitative estimate of drug-likeness (QED) is 0.426. The third kappa shape index (κ3) is 7.54. The van der Waals surface area contributed by atoms with Gasteiger partial charge in [-0.1, -0.05) is 49.2 Å².